The van der Waals surface area contributed by atoms with Crippen LogP contribution in [0.4, 0.5) is 5.95 Å². The van der Waals surface area contributed by atoms with Gasteiger partial charge in [-0.25, -0.2) is 18.4 Å². The average molecular weight is 353 g/mol. The van der Waals surface area contributed by atoms with E-state index in [-0.39, 0.29) is 5.91 Å². The van der Waals surface area contributed by atoms with Crippen molar-refractivity contribution in [2.45, 2.75) is 25.3 Å². The van der Waals surface area contributed by atoms with Crippen LogP contribution in [0, 0.1) is 0 Å². The predicted octanol–water partition coefficient (Wildman–Crippen LogP) is -0.0607. The molecule has 132 valence electrons. The summed E-state index contributed by atoms with van der Waals surface area (Å²) in [5, 5.41) is 0. The molecule has 0 radical (unpaired) electrons. The Morgan fingerprint density at radius 2 is 1.75 bits per heavy atom. The zero-order valence-corrected chi connectivity index (χ0v) is 14.7. The summed E-state index contributed by atoms with van der Waals surface area (Å²) in [5.41, 5.74) is 0. The maximum Gasteiger partial charge on any atom is 0.241 e. The molecule has 1 aromatic rings. The first-order valence-electron chi connectivity index (χ1n) is 8.24. The van der Waals surface area contributed by atoms with Crippen LogP contribution in [0.5, 0.6) is 0 Å². The fraction of sp³-hybridized carbons (Fsp3) is 0.667. The predicted molar refractivity (Wildman–Crippen MR) is 90.0 cm³/mol. The summed E-state index contributed by atoms with van der Waals surface area (Å²) in [6.07, 6.45) is 6.89. The molecule has 0 spiro atoms. The van der Waals surface area contributed by atoms with E-state index in [2.05, 4.69) is 9.97 Å². The zero-order valence-electron chi connectivity index (χ0n) is 13.8. The molecule has 24 heavy (non-hydrogen) atoms. The van der Waals surface area contributed by atoms with Gasteiger partial charge in [0.2, 0.25) is 21.9 Å². The van der Waals surface area contributed by atoms with Crippen LogP contribution in [0.1, 0.15) is 19.3 Å². The van der Waals surface area contributed by atoms with Gasteiger partial charge in [0.15, 0.2) is 0 Å². The molecule has 2 aliphatic heterocycles. The summed E-state index contributed by atoms with van der Waals surface area (Å²) >= 11 is 0. The molecule has 3 rings (SSSR count). The monoisotopic (exact) mass is 353 g/mol. The molecule has 1 unspecified atom stereocenters. The van der Waals surface area contributed by atoms with Gasteiger partial charge in [-0.3, -0.25) is 4.79 Å². The lowest BCUT2D eigenvalue weighted by Crippen LogP contribution is -2.57. The first-order chi connectivity index (χ1) is 11.5. The number of hydrogen-bond acceptors (Lipinski definition) is 6. The highest BCUT2D eigenvalue weighted by Gasteiger charge is 2.37. The number of carbonyl (C=O) groups excluding carboxylic acids is 1. The van der Waals surface area contributed by atoms with Crippen molar-refractivity contribution in [1.82, 2.24) is 19.2 Å². The third kappa shape index (κ3) is 3.67. The Labute approximate surface area is 142 Å². The van der Waals surface area contributed by atoms with Crippen molar-refractivity contribution in [2.24, 2.45) is 0 Å². The van der Waals surface area contributed by atoms with E-state index in [0.29, 0.717) is 45.1 Å². The standard InChI is InChI=1S/C15H23N5O3S/c1-24(22,23)20-8-3-2-5-13(20)14(21)18-9-11-19(12-10-18)15-16-6-4-7-17-15/h4,6-7,13H,2-3,5,8-12H2,1H3. The minimum Gasteiger partial charge on any atom is -0.338 e. The third-order valence-electron chi connectivity index (χ3n) is 4.59. The minimum atomic E-state index is -3.36. The number of rotatable bonds is 3. The first kappa shape index (κ1) is 17.1. The number of aromatic nitrogens is 2. The van der Waals surface area contributed by atoms with E-state index in [1.807, 2.05) is 4.90 Å². The van der Waals surface area contributed by atoms with E-state index in [1.165, 1.54) is 10.6 Å². The van der Waals surface area contributed by atoms with E-state index in [9.17, 15) is 13.2 Å². The smallest absolute Gasteiger partial charge is 0.241 e. The van der Waals surface area contributed by atoms with Crippen LogP contribution in [0.25, 0.3) is 0 Å². The molecule has 2 fully saturated rings. The van der Waals surface area contributed by atoms with Crippen LogP contribution in [-0.2, 0) is 14.8 Å². The fourth-order valence-electron chi connectivity index (χ4n) is 3.34. The van der Waals surface area contributed by atoms with Crippen molar-refractivity contribution >= 4 is 21.9 Å². The second-order valence-corrected chi connectivity index (χ2v) is 8.18. The number of amides is 1. The summed E-state index contributed by atoms with van der Waals surface area (Å²) in [4.78, 5) is 25.1. The second-order valence-electron chi connectivity index (χ2n) is 6.25. The summed E-state index contributed by atoms with van der Waals surface area (Å²) in [6.45, 7) is 2.87. The van der Waals surface area contributed by atoms with Gasteiger partial charge in [-0.2, -0.15) is 4.31 Å². The lowest BCUT2D eigenvalue weighted by atomic mass is 10.0. The lowest BCUT2D eigenvalue weighted by molar-refractivity contribution is -0.136. The van der Waals surface area contributed by atoms with Crippen molar-refractivity contribution in [2.75, 3.05) is 43.9 Å². The molecule has 3 heterocycles. The lowest BCUT2D eigenvalue weighted by Gasteiger charge is -2.39. The Balaban J connectivity index is 1.64. The fourth-order valence-corrected chi connectivity index (χ4v) is 4.46. The molecule has 0 aromatic carbocycles. The van der Waals surface area contributed by atoms with Crippen LogP contribution in [-0.4, -0.2) is 78.5 Å². The summed E-state index contributed by atoms with van der Waals surface area (Å²) in [5.74, 6) is 0.591. The Kier molecular flexibility index (Phi) is 5.00. The van der Waals surface area contributed by atoms with Gasteiger partial charge in [0, 0.05) is 45.1 Å². The average Bonchev–Trinajstić information content (AvgIpc) is 2.61. The van der Waals surface area contributed by atoms with Crippen molar-refractivity contribution in [3.05, 3.63) is 18.5 Å². The molecule has 0 aliphatic carbocycles. The number of carbonyl (C=O) groups is 1. The molecule has 0 saturated carbocycles. The van der Waals surface area contributed by atoms with Gasteiger partial charge >= 0.3 is 0 Å². The third-order valence-corrected chi connectivity index (χ3v) is 5.88. The first-order valence-corrected chi connectivity index (χ1v) is 10.1. The quantitative estimate of drug-likeness (QED) is 0.757. The number of hydrogen-bond donors (Lipinski definition) is 0. The molecule has 1 atom stereocenters. The summed E-state index contributed by atoms with van der Waals surface area (Å²) in [7, 11) is -3.36. The van der Waals surface area contributed by atoms with Crippen molar-refractivity contribution in [3.8, 4) is 0 Å². The minimum absolute atomic E-state index is 0.0752. The van der Waals surface area contributed by atoms with Crippen molar-refractivity contribution in [3.63, 3.8) is 0 Å². The molecule has 0 bridgehead atoms. The van der Waals surface area contributed by atoms with E-state index in [1.54, 1.807) is 23.4 Å². The molecule has 2 saturated heterocycles. The normalized spacial score (nSPS) is 23.3. The Morgan fingerprint density at radius 3 is 2.38 bits per heavy atom. The van der Waals surface area contributed by atoms with Gasteiger partial charge in [0.05, 0.1) is 6.26 Å². The zero-order chi connectivity index (χ0) is 17.2. The molecule has 2 aliphatic rings. The molecule has 1 aromatic heterocycles. The Hall–Kier alpha value is -1.74. The molecular weight excluding hydrogens is 330 g/mol. The van der Waals surface area contributed by atoms with Crippen LogP contribution in [0.3, 0.4) is 0 Å². The number of sulfonamides is 1. The van der Waals surface area contributed by atoms with Gasteiger partial charge in [-0.05, 0) is 18.9 Å². The highest BCUT2D eigenvalue weighted by Crippen LogP contribution is 2.22. The van der Waals surface area contributed by atoms with Gasteiger partial charge in [-0.15, -0.1) is 0 Å². The molecular formula is C15H23N5O3S. The van der Waals surface area contributed by atoms with Gasteiger partial charge < -0.3 is 9.80 Å². The van der Waals surface area contributed by atoms with Crippen molar-refractivity contribution in [1.29, 1.82) is 0 Å². The number of piperidine rings is 1. The van der Waals surface area contributed by atoms with E-state index in [4.69, 9.17) is 0 Å². The Bertz CT molecular complexity index is 674. The van der Waals surface area contributed by atoms with Gasteiger partial charge in [0.25, 0.3) is 0 Å². The largest absolute Gasteiger partial charge is 0.338 e. The van der Waals surface area contributed by atoms with Crippen LogP contribution in [0.15, 0.2) is 18.5 Å². The topological polar surface area (TPSA) is 86.7 Å². The number of piperazine rings is 1. The SMILES string of the molecule is CS(=O)(=O)N1CCCCC1C(=O)N1CCN(c2ncccn2)CC1. The van der Waals surface area contributed by atoms with E-state index < -0.39 is 16.1 Å². The molecule has 9 heteroatoms. The highest BCUT2D eigenvalue weighted by molar-refractivity contribution is 7.88. The number of nitrogens with zero attached hydrogens (tertiary/aromatic N) is 5. The summed E-state index contributed by atoms with van der Waals surface area (Å²) in [6, 6.07) is 1.22. The maximum absolute atomic E-state index is 12.8. The Morgan fingerprint density at radius 1 is 1.08 bits per heavy atom. The second kappa shape index (κ2) is 7.02. The van der Waals surface area contributed by atoms with E-state index >= 15 is 0 Å². The van der Waals surface area contributed by atoms with Crippen LogP contribution < -0.4 is 4.90 Å². The maximum atomic E-state index is 12.8. The van der Waals surface area contributed by atoms with Crippen LogP contribution in [0.2, 0.25) is 0 Å². The van der Waals surface area contributed by atoms with Crippen LogP contribution >= 0.6 is 0 Å². The van der Waals surface area contributed by atoms with Gasteiger partial charge in [0.1, 0.15) is 6.04 Å². The summed E-state index contributed by atoms with van der Waals surface area (Å²) < 4.78 is 25.3. The molecule has 0 N–H and O–H groups in total. The molecule has 1 amide bonds. The number of anilines is 1. The molecule has 8 nitrogen and oxygen atoms in total. The van der Waals surface area contributed by atoms with Crippen molar-refractivity contribution < 1.29 is 13.2 Å². The van der Waals surface area contributed by atoms with E-state index in [0.717, 1.165) is 12.8 Å². The van der Waals surface area contributed by atoms with Gasteiger partial charge in [-0.1, -0.05) is 6.42 Å². The highest BCUT2D eigenvalue weighted by atomic mass is 32.2.